The zero-order valence-corrected chi connectivity index (χ0v) is 10.3. The molecule has 0 aromatic carbocycles. The molecule has 1 saturated heterocycles. The summed E-state index contributed by atoms with van der Waals surface area (Å²) in [5.41, 5.74) is 0. The lowest BCUT2D eigenvalue weighted by Gasteiger charge is -2.41. The molecule has 1 heterocycles. The van der Waals surface area contributed by atoms with E-state index < -0.39 is 36.7 Å². The van der Waals surface area contributed by atoms with E-state index in [2.05, 4.69) is 10.6 Å². The van der Waals surface area contributed by atoms with Crippen molar-refractivity contribution in [2.75, 3.05) is 14.2 Å². The number of urea groups is 1. The highest BCUT2D eigenvalue weighted by Crippen LogP contribution is 2.21. The van der Waals surface area contributed by atoms with E-state index in [1.807, 2.05) is 0 Å². The monoisotopic (exact) mass is 263 g/mol. The van der Waals surface area contributed by atoms with Crippen LogP contribution in [0.25, 0.3) is 0 Å². The van der Waals surface area contributed by atoms with Gasteiger partial charge in [-0.05, 0) is 6.92 Å². The number of nitrogens with zero attached hydrogens (tertiary/aromatic N) is 2. The molecule has 9 nitrogen and oxygen atoms in total. The van der Waals surface area contributed by atoms with Gasteiger partial charge in [-0.15, -0.1) is 4.91 Å². The first-order valence-electron chi connectivity index (χ1n) is 5.34. The number of carbonyl (C=O) groups excluding carboxylic acids is 1. The second-order valence-electron chi connectivity index (χ2n) is 4.01. The third-order valence-corrected chi connectivity index (χ3v) is 2.78. The molecule has 1 aliphatic rings. The van der Waals surface area contributed by atoms with Crippen molar-refractivity contribution in [3.63, 3.8) is 0 Å². The van der Waals surface area contributed by atoms with Crippen LogP contribution in [0.2, 0.25) is 0 Å². The van der Waals surface area contributed by atoms with Gasteiger partial charge in [-0.25, -0.2) is 4.79 Å². The summed E-state index contributed by atoms with van der Waals surface area (Å²) in [6.45, 7) is 1.57. The fourth-order valence-electron chi connectivity index (χ4n) is 1.66. The average Bonchev–Trinajstić information content (AvgIpc) is 2.37. The van der Waals surface area contributed by atoms with Crippen LogP contribution in [0.3, 0.4) is 0 Å². The standard InChI is InChI=1S/C9H17N3O6/c1-4-6(13)7(14)5(8(17-3)18-4)10-9(15)12(2)11-16/h4-8,13-14H,1-3H3,(H,10,15)/t4-,5-,6-,7-,8-/m1/s1. The molecule has 0 aromatic heterocycles. The number of rotatable bonds is 3. The van der Waals surface area contributed by atoms with E-state index in [9.17, 15) is 19.9 Å². The topological polar surface area (TPSA) is 121 Å². The molecule has 1 rings (SSSR count). The van der Waals surface area contributed by atoms with Crippen LogP contribution in [0.15, 0.2) is 5.29 Å². The SMILES string of the molecule is CO[C@@H]1O[C@H](C)[C@@H](O)[C@H](O)[C@H]1NC(=O)N(C)N=O. The third-order valence-electron chi connectivity index (χ3n) is 2.78. The normalized spacial score (nSPS) is 35.9. The summed E-state index contributed by atoms with van der Waals surface area (Å²) in [7, 11) is 2.49. The van der Waals surface area contributed by atoms with Crippen molar-refractivity contribution in [3.05, 3.63) is 4.91 Å². The molecule has 0 spiro atoms. The third kappa shape index (κ3) is 2.93. The second kappa shape index (κ2) is 6.05. The highest BCUT2D eigenvalue weighted by Gasteiger charge is 2.44. The molecule has 2 amide bonds. The summed E-state index contributed by atoms with van der Waals surface area (Å²) < 4.78 is 10.2. The minimum absolute atomic E-state index is 0.518. The number of nitrogens with one attached hydrogen (secondary N) is 1. The largest absolute Gasteiger partial charge is 0.388 e. The summed E-state index contributed by atoms with van der Waals surface area (Å²) >= 11 is 0. The molecule has 1 aliphatic heterocycles. The van der Waals surface area contributed by atoms with Gasteiger partial charge in [-0.2, -0.15) is 5.01 Å². The molecular formula is C9H17N3O6. The van der Waals surface area contributed by atoms with Gasteiger partial charge in [0, 0.05) is 14.2 Å². The Balaban J connectivity index is 2.76. The van der Waals surface area contributed by atoms with Gasteiger partial charge in [0.2, 0.25) is 0 Å². The number of carbonyl (C=O) groups is 1. The van der Waals surface area contributed by atoms with Crippen LogP contribution >= 0.6 is 0 Å². The zero-order chi connectivity index (χ0) is 13.9. The fourth-order valence-corrected chi connectivity index (χ4v) is 1.66. The van der Waals surface area contributed by atoms with Gasteiger partial charge >= 0.3 is 6.03 Å². The van der Waals surface area contributed by atoms with E-state index in [-0.39, 0.29) is 0 Å². The maximum Gasteiger partial charge on any atom is 0.340 e. The lowest BCUT2D eigenvalue weighted by Crippen LogP contribution is -2.64. The van der Waals surface area contributed by atoms with E-state index in [0.717, 1.165) is 7.05 Å². The molecule has 0 aromatic rings. The molecule has 0 saturated carbocycles. The van der Waals surface area contributed by atoms with E-state index in [0.29, 0.717) is 5.01 Å². The first-order chi connectivity index (χ1) is 8.42. The van der Waals surface area contributed by atoms with Crippen molar-refractivity contribution in [1.29, 1.82) is 0 Å². The minimum Gasteiger partial charge on any atom is -0.388 e. The van der Waals surface area contributed by atoms with Gasteiger partial charge in [0.15, 0.2) is 6.29 Å². The Morgan fingerprint density at radius 2 is 2.06 bits per heavy atom. The van der Waals surface area contributed by atoms with Crippen molar-refractivity contribution in [3.8, 4) is 0 Å². The lowest BCUT2D eigenvalue weighted by molar-refractivity contribution is -0.250. The van der Waals surface area contributed by atoms with Crippen LogP contribution in [-0.4, -0.2) is 66.1 Å². The molecule has 0 aliphatic carbocycles. The average molecular weight is 263 g/mol. The van der Waals surface area contributed by atoms with Crippen molar-refractivity contribution < 1.29 is 24.5 Å². The van der Waals surface area contributed by atoms with Gasteiger partial charge in [-0.3, -0.25) is 0 Å². The van der Waals surface area contributed by atoms with Crippen LogP contribution in [0.1, 0.15) is 6.92 Å². The van der Waals surface area contributed by atoms with E-state index in [4.69, 9.17) is 9.47 Å². The van der Waals surface area contributed by atoms with Gasteiger partial charge in [0.1, 0.15) is 18.2 Å². The fraction of sp³-hybridized carbons (Fsp3) is 0.889. The molecule has 104 valence electrons. The number of ether oxygens (including phenoxy) is 2. The molecule has 9 heteroatoms. The summed E-state index contributed by atoms with van der Waals surface area (Å²) in [6.07, 6.45) is -4.01. The number of hydrogen-bond donors (Lipinski definition) is 3. The molecule has 0 radical (unpaired) electrons. The van der Waals surface area contributed by atoms with Crippen molar-refractivity contribution >= 4 is 6.03 Å². The summed E-state index contributed by atoms with van der Waals surface area (Å²) in [4.78, 5) is 21.6. The Labute approximate surface area is 104 Å². The van der Waals surface area contributed by atoms with Crippen LogP contribution in [0.4, 0.5) is 4.79 Å². The summed E-state index contributed by atoms with van der Waals surface area (Å²) in [5, 5.41) is 24.8. The highest BCUT2D eigenvalue weighted by atomic mass is 16.7. The first kappa shape index (κ1) is 14.8. The number of nitroso groups, excluding NO2 is 1. The van der Waals surface area contributed by atoms with Crippen molar-refractivity contribution in [1.82, 2.24) is 10.3 Å². The Morgan fingerprint density at radius 1 is 1.44 bits per heavy atom. The number of hydrogen-bond acceptors (Lipinski definition) is 7. The van der Waals surface area contributed by atoms with E-state index in [1.54, 1.807) is 6.92 Å². The Bertz CT molecular complexity index is 313. The van der Waals surface area contributed by atoms with Crippen molar-refractivity contribution in [2.24, 2.45) is 5.29 Å². The predicted molar refractivity (Wildman–Crippen MR) is 59.2 cm³/mol. The molecule has 18 heavy (non-hydrogen) atoms. The maximum atomic E-state index is 11.5. The quantitative estimate of drug-likeness (QED) is 0.434. The number of amides is 2. The maximum absolute atomic E-state index is 11.5. The molecular weight excluding hydrogens is 246 g/mol. The highest BCUT2D eigenvalue weighted by molar-refractivity contribution is 5.73. The molecule has 3 N–H and O–H groups in total. The smallest absolute Gasteiger partial charge is 0.340 e. The van der Waals surface area contributed by atoms with Crippen LogP contribution < -0.4 is 5.32 Å². The Hall–Kier alpha value is -1.29. The van der Waals surface area contributed by atoms with E-state index >= 15 is 0 Å². The minimum atomic E-state index is -1.28. The predicted octanol–water partition coefficient (Wildman–Crippen LogP) is -1.21. The van der Waals surface area contributed by atoms with Gasteiger partial charge in [0.05, 0.1) is 11.4 Å². The van der Waals surface area contributed by atoms with Gasteiger partial charge < -0.3 is 25.0 Å². The van der Waals surface area contributed by atoms with E-state index in [1.165, 1.54) is 7.11 Å². The zero-order valence-electron chi connectivity index (χ0n) is 10.3. The van der Waals surface area contributed by atoms with Crippen LogP contribution in [0.5, 0.6) is 0 Å². The molecule has 1 fully saturated rings. The second-order valence-corrected chi connectivity index (χ2v) is 4.01. The Kier molecular flexibility index (Phi) is 4.96. The van der Waals surface area contributed by atoms with Gasteiger partial charge in [-0.1, -0.05) is 0 Å². The summed E-state index contributed by atoms with van der Waals surface area (Å²) in [6, 6.07) is -1.83. The van der Waals surface area contributed by atoms with Crippen molar-refractivity contribution in [2.45, 2.75) is 37.6 Å². The first-order valence-corrected chi connectivity index (χ1v) is 5.34. The van der Waals surface area contributed by atoms with Crippen LogP contribution in [0, 0.1) is 4.91 Å². The molecule has 0 unspecified atom stereocenters. The Morgan fingerprint density at radius 3 is 2.56 bits per heavy atom. The van der Waals surface area contributed by atoms with Crippen LogP contribution in [-0.2, 0) is 9.47 Å². The molecule has 5 atom stereocenters. The lowest BCUT2D eigenvalue weighted by atomic mass is 9.98. The number of aliphatic hydroxyl groups excluding tert-OH is 2. The summed E-state index contributed by atoms with van der Waals surface area (Å²) in [5.74, 6) is 0. The molecule has 0 bridgehead atoms. The number of aliphatic hydroxyl groups is 2. The number of methoxy groups -OCH3 is 1. The van der Waals surface area contributed by atoms with Gasteiger partial charge in [0.25, 0.3) is 0 Å².